The molecule has 0 atom stereocenters. The van der Waals surface area contributed by atoms with Gasteiger partial charge in [-0.25, -0.2) is 0 Å². The molecule has 2 heterocycles. The van der Waals surface area contributed by atoms with Crippen LogP contribution in [0.15, 0.2) is 59.0 Å². The molecule has 7 nitrogen and oxygen atoms in total. The SMILES string of the molecule is COc1ccc(-c2nc(NC(=O)c3cc4ccccc4o3)n[nH]2)cc1. The van der Waals surface area contributed by atoms with Crippen LogP contribution in [0.5, 0.6) is 5.75 Å². The van der Waals surface area contributed by atoms with Gasteiger partial charge in [0.2, 0.25) is 5.95 Å². The van der Waals surface area contributed by atoms with Crippen LogP contribution in [0.2, 0.25) is 0 Å². The zero-order valence-corrected chi connectivity index (χ0v) is 13.3. The van der Waals surface area contributed by atoms with Crippen molar-refractivity contribution in [3.63, 3.8) is 0 Å². The fraction of sp³-hybridized carbons (Fsp3) is 0.0556. The second kappa shape index (κ2) is 6.12. The molecule has 25 heavy (non-hydrogen) atoms. The standard InChI is InChI=1S/C18H14N4O3/c1-24-13-8-6-11(7-9-13)16-19-18(22-21-16)20-17(23)15-10-12-4-2-3-5-14(12)25-15/h2-10H,1H3,(H2,19,20,21,22,23). The number of benzene rings is 2. The van der Waals surface area contributed by atoms with E-state index in [1.165, 1.54) is 0 Å². The monoisotopic (exact) mass is 334 g/mol. The van der Waals surface area contributed by atoms with E-state index in [9.17, 15) is 4.79 Å². The summed E-state index contributed by atoms with van der Waals surface area (Å²) in [5.74, 6) is 1.27. The maximum Gasteiger partial charge on any atom is 0.293 e. The highest BCUT2D eigenvalue weighted by atomic mass is 16.5. The van der Waals surface area contributed by atoms with Gasteiger partial charge in [0.25, 0.3) is 5.91 Å². The van der Waals surface area contributed by atoms with Crippen molar-refractivity contribution in [3.05, 3.63) is 60.4 Å². The summed E-state index contributed by atoms with van der Waals surface area (Å²) in [5.41, 5.74) is 1.49. The minimum atomic E-state index is -0.406. The number of carbonyl (C=O) groups is 1. The summed E-state index contributed by atoms with van der Waals surface area (Å²) in [6.07, 6.45) is 0. The lowest BCUT2D eigenvalue weighted by atomic mass is 10.2. The molecule has 0 aliphatic carbocycles. The predicted octanol–water partition coefficient (Wildman–Crippen LogP) is 3.48. The zero-order valence-electron chi connectivity index (χ0n) is 13.3. The number of aromatic nitrogens is 3. The number of hydrogen-bond acceptors (Lipinski definition) is 5. The molecule has 0 saturated carbocycles. The number of methoxy groups -OCH3 is 1. The molecule has 1 amide bonds. The van der Waals surface area contributed by atoms with Crippen LogP contribution in [0.4, 0.5) is 5.95 Å². The number of nitrogens with zero attached hydrogens (tertiary/aromatic N) is 2. The number of hydrogen-bond donors (Lipinski definition) is 2. The molecular weight excluding hydrogens is 320 g/mol. The molecule has 0 saturated heterocycles. The van der Waals surface area contributed by atoms with E-state index < -0.39 is 5.91 Å². The molecule has 124 valence electrons. The van der Waals surface area contributed by atoms with Crippen LogP contribution in [0.3, 0.4) is 0 Å². The molecule has 0 bridgehead atoms. The second-order valence-electron chi connectivity index (χ2n) is 5.34. The number of amides is 1. The summed E-state index contributed by atoms with van der Waals surface area (Å²) < 4.78 is 10.7. The average Bonchev–Trinajstić information content (AvgIpc) is 3.28. The van der Waals surface area contributed by atoms with Crippen molar-refractivity contribution in [2.45, 2.75) is 0 Å². The van der Waals surface area contributed by atoms with Gasteiger partial charge in [0, 0.05) is 10.9 Å². The Labute approximate surface area is 142 Å². The van der Waals surface area contributed by atoms with Crippen LogP contribution >= 0.6 is 0 Å². The largest absolute Gasteiger partial charge is 0.497 e. The number of anilines is 1. The molecule has 0 unspecified atom stereocenters. The zero-order chi connectivity index (χ0) is 17.2. The first-order valence-electron chi connectivity index (χ1n) is 7.60. The van der Waals surface area contributed by atoms with Crippen LogP contribution in [-0.2, 0) is 0 Å². The Bertz CT molecular complexity index is 1000. The first-order chi connectivity index (χ1) is 12.2. The van der Waals surface area contributed by atoms with Gasteiger partial charge >= 0.3 is 0 Å². The number of H-pyrrole nitrogens is 1. The van der Waals surface area contributed by atoms with E-state index >= 15 is 0 Å². The number of fused-ring (bicyclic) bond motifs is 1. The van der Waals surface area contributed by atoms with E-state index in [-0.39, 0.29) is 11.7 Å². The summed E-state index contributed by atoms with van der Waals surface area (Å²) in [5, 5.41) is 10.3. The van der Waals surface area contributed by atoms with Crippen LogP contribution in [0.25, 0.3) is 22.4 Å². The summed E-state index contributed by atoms with van der Waals surface area (Å²) in [6.45, 7) is 0. The minimum absolute atomic E-state index is 0.177. The van der Waals surface area contributed by atoms with Gasteiger partial charge in [-0.15, -0.1) is 5.10 Å². The van der Waals surface area contributed by atoms with Gasteiger partial charge in [-0.2, -0.15) is 4.98 Å². The highest BCUT2D eigenvalue weighted by Gasteiger charge is 2.15. The number of nitrogens with one attached hydrogen (secondary N) is 2. The van der Waals surface area contributed by atoms with Crippen molar-refractivity contribution < 1.29 is 13.9 Å². The van der Waals surface area contributed by atoms with Crippen LogP contribution < -0.4 is 10.1 Å². The fourth-order valence-electron chi connectivity index (χ4n) is 2.45. The Balaban J connectivity index is 1.52. The van der Waals surface area contributed by atoms with E-state index in [1.807, 2.05) is 42.5 Å². The second-order valence-corrected chi connectivity index (χ2v) is 5.34. The Morgan fingerprint density at radius 3 is 2.72 bits per heavy atom. The molecule has 7 heteroatoms. The van der Waals surface area contributed by atoms with Crippen molar-refractivity contribution in [2.75, 3.05) is 12.4 Å². The van der Waals surface area contributed by atoms with Crippen molar-refractivity contribution in [1.29, 1.82) is 0 Å². The lowest BCUT2D eigenvalue weighted by Gasteiger charge is -2.00. The van der Waals surface area contributed by atoms with Crippen molar-refractivity contribution in [1.82, 2.24) is 15.2 Å². The van der Waals surface area contributed by atoms with Crippen molar-refractivity contribution in [2.24, 2.45) is 0 Å². The van der Waals surface area contributed by atoms with E-state index in [1.54, 1.807) is 19.2 Å². The molecular formula is C18H14N4O3. The number of furan rings is 1. The van der Waals surface area contributed by atoms with Gasteiger partial charge in [-0.3, -0.25) is 15.2 Å². The lowest BCUT2D eigenvalue weighted by molar-refractivity contribution is 0.0998. The van der Waals surface area contributed by atoms with E-state index in [0.29, 0.717) is 11.4 Å². The van der Waals surface area contributed by atoms with E-state index in [2.05, 4.69) is 20.5 Å². The van der Waals surface area contributed by atoms with Gasteiger partial charge in [-0.05, 0) is 36.4 Å². The fourth-order valence-corrected chi connectivity index (χ4v) is 2.45. The summed E-state index contributed by atoms with van der Waals surface area (Å²) in [7, 11) is 1.61. The number of rotatable bonds is 4. The smallest absolute Gasteiger partial charge is 0.293 e. The number of ether oxygens (including phenoxy) is 1. The first kappa shape index (κ1) is 14.9. The quantitative estimate of drug-likeness (QED) is 0.596. The number of aromatic amines is 1. The first-order valence-corrected chi connectivity index (χ1v) is 7.60. The van der Waals surface area contributed by atoms with Gasteiger partial charge in [-0.1, -0.05) is 18.2 Å². The third-order valence-corrected chi connectivity index (χ3v) is 3.72. The molecule has 0 fully saturated rings. The molecule has 4 aromatic rings. The van der Waals surface area contributed by atoms with Crippen LogP contribution in [0, 0.1) is 0 Å². The van der Waals surface area contributed by atoms with Gasteiger partial charge in [0.1, 0.15) is 11.3 Å². The third kappa shape index (κ3) is 2.94. The Morgan fingerprint density at radius 2 is 1.96 bits per heavy atom. The van der Waals surface area contributed by atoms with E-state index in [0.717, 1.165) is 16.7 Å². The third-order valence-electron chi connectivity index (χ3n) is 3.72. The molecule has 0 spiro atoms. The molecule has 2 N–H and O–H groups in total. The normalized spacial score (nSPS) is 10.8. The molecule has 2 aromatic heterocycles. The summed E-state index contributed by atoms with van der Waals surface area (Å²) in [6, 6.07) is 16.5. The van der Waals surface area contributed by atoms with Crippen molar-refractivity contribution in [3.8, 4) is 17.1 Å². The predicted molar refractivity (Wildman–Crippen MR) is 92.5 cm³/mol. The molecule has 4 rings (SSSR count). The Hall–Kier alpha value is -3.61. The van der Waals surface area contributed by atoms with E-state index in [4.69, 9.17) is 9.15 Å². The summed E-state index contributed by atoms with van der Waals surface area (Å²) >= 11 is 0. The number of para-hydroxylation sites is 1. The minimum Gasteiger partial charge on any atom is -0.497 e. The molecule has 0 aliphatic heterocycles. The molecule has 2 aromatic carbocycles. The maximum absolute atomic E-state index is 12.3. The summed E-state index contributed by atoms with van der Waals surface area (Å²) in [4.78, 5) is 16.6. The Morgan fingerprint density at radius 1 is 1.16 bits per heavy atom. The highest BCUT2D eigenvalue weighted by Crippen LogP contribution is 2.21. The number of carbonyl (C=O) groups excluding carboxylic acids is 1. The molecule has 0 aliphatic rings. The highest BCUT2D eigenvalue weighted by molar-refractivity contribution is 6.03. The van der Waals surface area contributed by atoms with Gasteiger partial charge in [0.15, 0.2) is 11.6 Å². The Kier molecular flexibility index (Phi) is 3.66. The van der Waals surface area contributed by atoms with Crippen LogP contribution in [-0.4, -0.2) is 28.2 Å². The topological polar surface area (TPSA) is 93.0 Å². The van der Waals surface area contributed by atoms with Crippen LogP contribution in [0.1, 0.15) is 10.6 Å². The maximum atomic E-state index is 12.3. The van der Waals surface area contributed by atoms with Gasteiger partial charge < -0.3 is 9.15 Å². The average molecular weight is 334 g/mol. The lowest BCUT2D eigenvalue weighted by Crippen LogP contribution is -2.11. The molecule has 0 radical (unpaired) electrons. The van der Waals surface area contributed by atoms with Gasteiger partial charge in [0.05, 0.1) is 7.11 Å². The van der Waals surface area contributed by atoms with Crippen molar-refractivity contribution >= 4 is 22.8 Å².